The Morgan fingerprint density at radius 1 is 1.23 bits per heavy atom. The summed E-state index contributed by atoms with van der Waals surface area (Å²) in [7, 11) is 0. The highest BCUT2D eigenvalue weighted by Gasteiger charge is 2.33. The quantitative estimate of drug-likeness (QED) is 0.888. The maximum atomic E-state index is 12.4. The summed E-state index contributed by atoms with van der Waals surface area (Å²) in [5, 5.41) is 6.83. The zero-order valence-electron chi connectivity index (χ0n) is 12.7. The molecule has 2 fully saturated rings. The summed E-state index contributed by atoms with van der Waals surface area (Å²) in [6.07, 6.45) is 4.38. The molecule has 5 nitrogen and oxygen atoms in total. The Morgan fingerprint density at radius 3 is 2.59 bits per heavy atom. The van der Waals surface area contributed by atoms with Crippen molar-refractivity contribution in [2.45, 2.75) is 44.2 Å². The van der Waals surface area contributed by atoms with E-state index >= 15 is 0 Å². The number of amides is 2. The van der Waals surface area contributed by atoms with Crippen LogP contribution >= 0.6 is 11.3 Å². The highest BCUT2D eigenvalue weighted by molar-refractivity contribution is 7.08. The molecule has 1 aromatic heterocycles. The standard InChI is InChI=1S/C16H23N3O2S/c17-13-2-1-11(9-13)16(21)19-6-3-14(4-7-19)18-15(20)12-5-8-22-10-12/h5,8,10-11,13-14H,1-4,6-7,9,17H2,(H,18,20). The summed E-state index contributed by atoms with van der Waals surface area (Å²) in [5.74, 6) is 0.371. The van der Waals surface area contributed by atoms with E-state index < -0.39 is 0 Å². The van der Waals surface area contributed by atoms with Gasteiger partial charge in [-0.2, -0.15) is 11.3 Å². The predicted molar refractivity (Wildman–Crippen MR) is 86.7 cm³/mol. The van der Waals surface area contributed by atoms with Gasteiger partial charge in [-0.05, 0) is 43.6 Å². The minimum atomic E-state index is -0.00667. The van der Waals surface area contributed by atoms with Gasteiger partial charge in [0.25, 0.3) is 5.91 Å². The molecule has 0 aromatic carbocycles. The van der Waals surface area contributed by atoms with Crippen LogP contribution in [0.25, 0.3) is 0 Å². The van der Waals surface area contributed by atoms with E-state index in [2.05, 4.69) is 5.32 Å². The molecule has 6 heteroatoms. The van der Waals surface area contributed by atoms with Crippen molar-refractivity contribution in [3.05, 3.63) is 22.4 Å². The van der Waals surface area contributed by atoms with Crippen molar-refractivity contribution in [3.8, 4) is 0 Å². The van der Waals surface area contributed by atoms with Crippen LogP contribution in [0.3, 0.4) is 0 Å². The van der Waals surface area contributed by atoms with Crippen molar-refractivity contribution in [2.24, 2.45) is 11.7 Å². The van der Waals surface area contributed by atoms with E-state index in [1.54, 1.807) is 0 Å². The molecule has 120 valence electrons. The fraction of sp³-hybridized carbons (Fsp3) is 0.625. The van der Waals surface area contributed by atoms with Gasteiger partial charge >= 0.3 is 0 Å². The van der Waals surface area contributed by atoms with Crippen LogP contribution in [-0.2, 0) is 4.79 Å². The fourth-order valence-electron chi connectivity index (χ4n) is 3.41. The van der Waals surface area contributed by atoms with Crippen molar-refractivity contribution in [1.29, 1.82) is 0 Å². The van der Waals surface area contributed by atoms with E-state index in [4.69, 9.17) is 5.73 Å². The second kappa shape index (κ2) is 6.79. The first-order valence-corrected chi connectivity index (χ1v) is 8.95. The van der Waals surface area contributed by atoms with E-state index in [9.17, 15) is 9.59 Å². The minimum absolute atomic E-state index is 0.00667. The van der Waals surface area contributed by atoms with Gasteiger partial charge in [0.15, 0.2) is 0 Å². The van der Waals surface area contributed by atoms with Crippen LogP contribution in [0.1, 0.15) is 42.5 Å². The molecule has 0 spiro atoms. The number of nitrogens with two attached hydrogens (primary N) is 1. The second-order valence-electron chi connectivity index (χ2n) is 6.36. The van der Waals surface area contributed by atoms with Gasteiger partial charge in [0.05, 0.1) is 0 Å². The number of nitrogens with zero attached hydrogens (tertiary/aromatic N) is 1. The Balaban J connectivity index is 1.46. The molecule has 2 amide bonds. The van der Waals surface area contributed by atoms with E-state index in [0.29, 0.717) is 0 Å². The Bertz CT molecular complexity index is 524. The molecule has 0 bridgehead atoms. The Morgan fingerprint density at radius 2 is 2.00 bits per heavy atom. The molecule has 2 heterocycles. The third-order valence-corrected chi connectivity index (χ3v) is 5.43. The lowest BCUT2D eigenvalue weighted by Crippen LogP contribution is -2.47. The first-order chi connectivity index (χ1) is 10.6. The van der Waals surface area contributed by atoms with Crippen LogP contribution < -0.4 is 11.1 Å². The molecule has 3 N–H and O–H groups in total. The van der Waals surface area contributed by atoms with Gasteiger partial charge in [0, 0.05) is 42.0 Å². The van der Waals surface area contributed by atoms with Gasteiger partial charge < -0.3 is 16.0 Å². The third-order valence-electron chi connectivity index (χ3n) is 4.75. The van der Waals surface area contributed by atoms with Gasteiger partial charge in [0.1, 0.15) is 0 Å². The number of piperidine rings is 1. The normalized spacial score (nSPS) is 26.1. The van der Waals surface area contributed by atoms with Crippen LogP contribution in [0.15, 0.2) is 16.8 Å². The summed E-state index contributed by atoms with van der Waals surface area (Å²) in [6.45, 7) is 1.47. The summed E-state index contributed by atoms with van der Waals surface area (Å²) < 4.78 is 0. The number of carbonyl (C=O) groups excluding carboxylic acids is 2. The van der Waals surface area contributed by atoms with Gasteiger partial charge in [-0.25, -0.2) is 0 Å². The Labute approximate surface area is 134 Å². The molecular weight excluding hydrogens is 298 g/mol. The molecule has 22 heavy (non-hydrogen) atoms. The van der Waals surface area contributed by atoms with Crippen molar-refractivity contribution in [3.63, 3.8) is 0 Å². The topological polar surface area (TPSA) is 75.4 Å². The molecule has 3 rings (SSSR count). The van der Waals surface area contributed by atoms with Gasteiger partial charge in [-0.15, -0.1) is 0 Å². The monoisotopic (exact) mass is 321 g/mol. The maximum absolute atomic E-state index is 12.4. The number of thiophene rings is 1. The lowest BCUT2D eigenvalue weighted by molar-refractivity contribution is -0.136. The van der Waals surface area contributed by atoms with Crippen molar-refractivity contribution in [2.75, 3.05) is 13.1 Å². The largest absolute Gasteiger partial charge is 0.349 e. The lowest BCUT2D eigenvalue weighted by Gasteiger charge is -2.34. The Kier molecular flexibility index (Phi) is 4.78. The van der Waals surface area contributed by atoms with Crippen molar-refractivity contribution >= 4 is 23.2 Å². The Hall–Kier alpha value is -1.40. The van der Waals surface area contributed by atoms with Crippen LogP contribution in [0.5, 0.6) is 0 Å². The van der Waals surface area contributed by atoms with Crippen LogP contribution in [0.4, 0.5) is 0 Å². The van der Waals surface area contributed by atoms with Gasteiger partial charge in [-0.1, -0.05) is 0 Å². The highest BCUT2D eigenvalue weighted by atomic mass is 32.1. The molecule has 1 aliphatic carbocycles. The van der Waals surface area contributed by atoms with Crippen molar-refractivity contribution in [1.82, 2.24) is 10.2 Å². The summed E-state index contributed by atoms with van der Waals surface area (Å²) in [5.41, 5.74) is 6.62. The van der Waals surface area contributed by atoms with Gasteiger partial charge in [0.2, 0.25) is 5.91 Å². The summed E-state index contributed by atoms with van der Waals surface area (Å²) in [4.78, 5) is 26.4. The molecule has 0 radical (unpaired) electrons. The van der Waals surface area contributed by atoms with Crippen LogP contribution in [0, 0.1) is 5.92 Å². The number of likely N-dealkylation sites (tertiary alicyclic amines) is 1. The molecular formula is C16H23N3O2S. The average Bonchev–Trinajstić information content (AvgIpc) is 3.18. The maximum Gasteiger partial charge on any atom is 0.252 e. The fourth-order valence-corrected chi connectivity index (χ4v) is 4.04. The van der Waals surface area contributed by atoms with E-state index in [1.165, 1.54) is 11.3 Å². The SMILES string of the molecule is NC1CCC(C(=O)N2CCC(NC(=O)c3ccsc3)CC2)C1. The third kappa shape index (κ3) is 3.50. The molecule has 2 unspecified atom stereocenters. The van der Waals surface area contributed by atoms with E-state index in [1.807, 2.05) is 21.7 Å². The predicted octanol–water partition coefficient (Wildman–Crippen LogP) is 1.60. The molecule has 2 aliphatic rings. The van der Waals surface area contributed by atoms with Crippen LogP contribution in [0.2, 0.25) is 0 Å². The number of hydrogen-bond donors (Lipinski definition) is 2. The molecule has 2 atom stereocenters. The summed E-state index contributed by atoms with van der Waals surface area (Å²) >= 11 is 1.52. The summed E-state index contributed by atoms with van der Waals surface area (Å²) in [6, 6.07) is 2.20. The van der Waals surface area contributed by atoms with Crippen LogP contribution in [-0.4, -0.2) is 41.9 Å². The number of hydrogen-bond acceptors (Lipinski definition) is 4. The number of carbonyl (C=O) groups is 2. The van der Waals surface area contributed by atoms with E-state index in [0.717, 1.165) is 50.8 Å². The number of nitrogens with one attached hydrogen (secondary N) is 1. The zero-order valence-corrected chi connectivity index (χ0v) is 13.5. The first kappa shape index (κ1) is 15.5. The average molecular weight is 321 g/mol. The molecule has 1 aliphatic heterocycles. The smallest absolute Gasteiger partial charge is 0.252 e. The van der Waals surface area contributed by atoms with Crippen molar-refractivity contribution < 1.29 is 9.59 Å². The highest BCUT2D eigenvalue weighted by Crippen LogP contribution is 2.27. The zero-order chi connectivity index (χ0) is 15.5. The molecule has 1 saturated heterocycles. The van der Waals surface area contributed by atoms with E-state index in [-0.39, 0.29) is 29.8 Å². The minimum Gasteiger partial charge on any atom is -0.349 e. The van der Waals surface area contributed by atoms with Gasteiger partial charge in [-0.3, -0.25) is 9.59 Å². The number of rotatable bonds is 3. The second-order valence-corrected chi connectivity index (χ2v) is 7.14. The molecule has 1 saturated carbocycles. The lowest BCUT2D eigenvalue weighted by atomic mass is 10.0. The first-order valence-electron chi connectivity index (χ1n) is 8.01. The molecule has 1 aromatic rings.